The first-order valence-electron chi connectivity index (χ1n) is 5.89. The molecular formula is C13H14N6. The summed E-state index contributed by atoms with van der Waals surface area (Å²) in [7, 11) is 0. The predicted octanol–water partition coefficient (Wildman–Crippen LogP) is 1.37. The second kappa shape index (κ2) is 6.31. The van der Waals surface area contributed by atoms with Gasteiger partial charge in [-0.15, -0.1) is 10.2 Å². The Bertz CT molecular complexity index is 546. The fourth-order valence-electron chi connectivity index (χ4n) is 1.68. The molecule has 0 atom stereocenters. The molecule has 96 valence electrons. The quantitative estimate of drug-likeness (QED) is 0.866. The Labute approximate surface area is 111 Å². The molecule has 2 N–H and O–H groups in total. The molecule has 0 unspecified atom stereocenters. The van der Waals surface area contributed by atoms with E-state index in [2.05, 4.69) is 21.3 Å². The van der Waals surface area contributed by atoms with Crippen molar-refractivity contribution in [1.82, 2.24) is 15.2 Å². The Kier molecular flexibility index (Phi) is 4.24. The molecule has 0 aliphatic heterocycles. The molecule has 0 aromatic carbocycles. The van der Waals surface area contributed by atoms with Crippen molar-refractivity contribution in [2.24, 2.45) is 0 Å². The lowest BCUT2D eigenvalue weighted by molar-refractivity contribution is 0.768. The van der Waals surface area contributed by atoms with Crippen molar-refractivity contribution >= 4 is 11.6 Å². The van der Waals surface area contributed by atoms with Gasteiger partial charge in [-0.05, 0) is 23.8 Å². The standard InChI is InChI=1S/C13H14N6/c14-6-2-8-19(10-11-3-1-7-16-9-11)13-5-4-12(15)17-18-13/h1,3-5,7,9H,2,8,10H2,(H2,15,17). The molecule has 2 aromatic heterocycles. The van der Waals surface area contributed by atoms with E-state index in [1.807, 2.05) is 17.0 Å². The molecule has 0 radical (unpaired) electrons. The Morgan fingerprint density at radius 2 is 2.16 bits per heavy atom. The molecule has 0 aliphatic rings. The number of nitrogen functional groups attached to an aromatic ring is 1. The van der Waals surface area contributed by atoms with E-state index in [0.29, 0.717) is 31.1 Å². The number of hydrogen-bond donors (Lipinski definition) is 1. The van der Waals surface area contributed by atoms with Gasteiger partial charge in [0.05, 0.1) is 12.5 Å². The lowest BCUT2D eigenvalue weighted by atomic mass is 10.2. The van der Waals surface area contributed by atoms with Crippen LogP contribution < -0.4 is 10.6 Å². The second-order valence-electron chi connectivity index (χ2n) is 4.01. The zero-order chi connectivity index (χ0) is 13.5. The van der Waals surface area contributed by atoms with Gasteiger partial charge in [0, 0.05) is 25.5 Å². The summed E-state index contributed by atoms with van der Waals surface area (Å²) in [5.74, 6) is 1.08. The summed E-state index contributed by atoms with van der Waals surface area (Å²) in [4.78, 5) is 6.06. The van der Waals surface area contributed by atoms with E-state index in [1.54, 1.807) is 24.5 Å². The molecule has 6 heteroatoms. The first kappa shape index (κ1) is 12.8. The molecule has 2 heterocycles. The molecule has 2 rings (SSSR count). The third kappa shape index (κ3) is 3.64. The van der Waals surface area contributed by atoms with Crippen molar-refractivity contribution in [3.05, 3.63) is 42.2 Å². The zero-order valence-corrected chi connectivity index (χ0v) is 10.4. The van der Waals surface area contributed by atoms with Crippen LogP contribution in [0.3, 0.4) is 0 Å². The molecule has 0 fully saturated rings. The molecule has 0 spiro atoms. The third-order valence-electron chi connectivity index (χ3n) is 2.58. The van der Waals surface area contributed by atoms with E-state index >= 15 is 0 Å². The lowest BCUT2D eigenvalue weighted by Gasteiger charge is -2.21. The van der Waals surface area contributed by atoms with Gasteiger partial charge < -0.3 is 10.6 Å². The summed E-state index contributed by atoms with van der Waals surface area (Å²) >= 11 is 0. The van der Waals surface area contributed by atoms with Crippen molar-refractivity contribution in [2.75, 3.05) is 17.2 Å². The van der Waals surface area contributed by atoms with E-state index < -0.39 is 0 Å². The summed E-state index contributed by atoms with van der Waals surface area (Å²) in [6, 6.07) is 9.50. The van der Waals surface area contributed by atoms with E-state index in [9.17, 15) is 0 Å². The molecule has 0 saturated heterocycles. The Morgan fingerprint density at radius 1 is 1.26 bits per heavy atom. The molecule has 0 amide bonds. The minimum atomic E-state index is 0.380. The molecule has 19 heavy (non-hydrogen) atoms. The van der Waals surface area contributed by atoms with Crippen LogP contribution in [0, 0.1) is 11.3 Å². The van der Waals surface area contributed by atoms with Crippen LogP contribution in [0.1, 0.15) is 12.0 Å². The van der Waals surface area contributed by atoms with E-state index in [0.717, 1.165) is 5.56 Å². The summed E-state index contributed by atoms with van der Waals surface area (Å²) in [6.45, 7) is 1.22. The fraction of sp³-hybridized carbons (Fsp3) is 0.231. The Hall–Kier alpha value is -2.68. The fourth-order valence-corrected chi connectivity index (χ4v) is 1.68. The molecule has 0 saturated carbocycles. The van der Waals surface area contributed by atoms with Gasteiger partial charge in [0.1, 0.15) is 5.82 Å². The number of aromatic nitrogens is 3. The zero-order valence-electron chi connectivity index (χ0n) is 10.4. The van der Waals surface area contributed by atoms with Gasteiger partial charge in [0.25, 0.3) is 0 Å². The number of hydrogen-bond acceptors (Lipinski definition) is 6. The van der Waals surface area contributed by atoms with Crippen molar-refractivity contribution in [1.29, 1.82) is 5.26 Å². The van der Waals surface area contributed by atoms with Crippen LogP contribution in [-0.4, -0.2) is 21.7 Å². The number of anilines is 2. The van der Waals surface area contributed by atoms with Crippen LogP contribution in [0.5, 0.6) is 0 Å². The molecule has 0 bridgehead atoms. The maximum atomic E-state index is 8.73. The van der Waals surface area contributed by atoms with Crippen molar-refractivity contribution < 1.29 is 0 Å². The van der Waals surface area contributed by atoms with Gasteiger partial charge in [-0.3, -0.25) is 4.98 Å². The number of nitrogens with two attached hydrogens (primary N) is 1. The normalized spacial score (nSPS) is 9.84. The summed E-state index contributed by atoms with van der Waals surface area (Å²) < 4.78 is 0. The Balaban J connectivity index is 2.16. The maximum absolute atomic E-state index is 8.73. The number of pyridine rings is 1. The first-order chi connectivity index (χ1) is 9.29. The number of nitrogens with zero attached hydrogens (tertiary/aromatic N) is 5. The van der Waals surface area contributed by atoms with Gasteiger partial charge in [0.2, 0.25) is 0 Å². The highest BCUT2D eigenvalue weighted by Gasteiger charge is 2.09. The van der Waals surface area contributed by atoms with Crippen molar-refractivity contribution in [3.63, 3.8) is 0 Å². The Morgan fingerprint density at radius 3 is 2.79 bits per heavy atom. The van der Waals surface area contributed by atoms with Crippen molar-refractivity contribution in [2.45, 2.75) is 13.0 Å². The molecule has 0 aliphatic carbocycles. The van der Waals surface area contributed by atoms with Crippen molar-refractivity contribution in [3.8, 4) is 6.07 Å². The molecular weight excluding hydrogens is 240 g/mol. The lowest BCUT2D eigenvalue weighted by Crippen LogP contribution is -2.25. The monoisotopic (exact) mass is 254 g/mol. The largest absolute Gasteiger partial charge is 0.382 e. The highest BCUT2D eigenvalue weighted by Crippen LogP contribution is 2.14. The second-order valence-corrected chi connectivity index (χ2v) is 4.01. The topological polar surface area (TPSA) is 91.7 Å². The van der Waals surface area contributed by atoms with Gasteiger partial charge >= 0.3 is 0 Å². The average molecular weight is 254 g/mol. The van der Waals surface area contributed by atoms with E-state index in [-0.39, 0.29) is 0 Å². The van der Waals surface area contributed by atoms with E-state index in [4.69, 9.17) is 11.0 Å². The predicted molar refractivity (Wildman–Crippen MR) is 72.0 cm³/mol. The van der Waals surface area contributed by atoms with Crippen LogP contribution in [0.4, 0.5) is 11.6 Å². The average Bonchev–Trinajstić information content (AvgIpc) is 2.45. The van der Waals surface area contributed by atoms with Crippen LogP contribution in [-0.2, 0) is 6.54 Å². The number of nitriles is 1. The minimum absolute atomic E-state index is 0.380. The van der Waals surface area contributed by atoms with Gasteiger partial charge in [-0.25, -0.2) is 0 Å². The first-order valence-corrected chi connectivity index (χ1v) is 5.89. The minimum Gasteiger partial charge on any atom is -0.382 e. The van der Waals surface area contributed by atoms with Crippen LogP contribution in [0.15, 0.2) is 36.7 Å². The highest BCUT2D eigenvalue weighted by molar-refractivity contribution is 5.42. The summed E-state index contributed by atoms with van der Waals surface area (Å²) in [5.41, 5.74) is 6.58. The highest BCUT2D eigenvalue weighted by atomic mass is 15.3. The molecule has 2 aromatic rings. The SMILES string of the molecule is N#CCCN(Cc1cccnc1)c1ccc(N)nn1. The number of rotatable bonds is 5. The smallest absolute Gasteiger partial charge is 0.151 e. The van der Waals surface area contributed by atoms with Crippen LogP contribution in [0.2, 0.25) is 0 Å². The van der Waals surface area contributed by atoms with Crippen LogP contribution in [0.25, 0.3) is 0 Å². The molecule has 6 nitrogen and oxygen atoms in total. The maximum Gasteiger partial charge on any atom is 0.151 e. The third-order valence-corrected chi connectivity index (χ3v) is 2.58. The van der Waals surface area contributed by atoms with Crippen LogP contribution >= 0.6 is 0 Å². The van der Waals surface area contributed by atoms with Gasteiger partial charge in [0.15, 0.2) is 5.82 Å². The summed E-state index contributed by atoms with van der Waals surface area (Å²) in [5, 5.41) is 16.6. The van der Waals surface area contributed by atoms with Gasteiger partial charge in [-0.2, -0.15) is 5.26 Å². The summed E-state index contributed by atoms with van der Waals surface area (Å²) in [6.07, 6.45) is 3.95. The van der Waals surface area contributed by atoms with E-state index in [1.165, 1.54) is 0 Å². The van der Waals surface area contributed by atoms with Gasteiger partial charge in [-0.1, -0.05) is 6.07 Å².